The molecule has 2 aliphatic rings. The number of fused-ring (bicyclic) bond motifs is 1. The predicted molar refractivity (Wildman–Crippen MR) is 65.5 cm³/mol. The molecule has 1 saturated heterocycles. The molecule has 1 unspecified atom stereocenters. The molecular weight excluding hydrogens is 234 g/mol. The van der Waals surface area contributed by atoms with E-state index in [4.69, 9.17) is 18.9 Å². The van der Waals surface area contributed by atoms with E-state index in [1.165, 1.54) is 0 Å². The lowest BCUT2D eigenvalue weighted by atomic mass is 10.1. The van der Waals surface area contributed by atoms with Crippen molar-refractivity contribution >= 4 is 0 Å². The van der Waals surface area contributed by atoms with Gasteiger partial charge in [0.1, 0.15) is 19.0 Å². The largest absolute Gasteiger partial charge is 0.497 e. The summed E-state index contributed by atoms with van der Waals surface area (Å²) in [5, 5.41) is 3.32. The van der Waals surface area contributed by atoms with Gasteiger partial charge in [-0.25, -0.2) is 0 Å². The van der Waals surface area contributed by atoms with Crippen molar-refractivity contribution < 1.29 is 18.9 Å². The number of benzene rings is 1. The smallest absolute Gasteiger partial charge is 0.167 e. The molecule has 18 heavy (non-hydrogen) atoms. The molecule has 3 rings (SSSR count). The highest BCUT2D eigenvalue weighted by atomic mass is 16.6. The Labute approximate surface area is 106 Å². The Morgan fingerprint density at radius 1 is 1.22 bits per heavy atom. The van der Waals surface area contributed by atoms with Gasteiger partial charge in [0.05, 0.1) is 19.8 Å². The van der Waals surface area contributed by atoms with Crippen LogP contribution in [0.1, 0.15) is 11.7 Å². The molecule has 2 aliphatic heterocycles. The highest BCUT2D eigenvalue weighted by molar-refractivity contribution is 5.53. The van der Waals surface area contributed by atoms with Crippen LogP contribution in [0.25, 0.3) is 0 Å². The number of methoxy groups -OCH3 is 1. The summed E-state index contributed by atoms with van der Waals surface area (Å²) >= 11 is 0. The van der Waals surface area contributed by atoms with Crippen LogP contribution in [0.3, 0.4) is 0 Å². The maximum absolute atomic E-state index is 5.78. The van der Waals surface area contributed by atoms with Crippen LogP contribution in [0.5, 0.6) is 17.2 Å². The molecule has 0 spiro atoms. The highest BCUT2D eigenvalue weighted by Gasteiger charge is 2.25. The first-order valence-electron chi connectivity index (χ1n) is 6.18. The zero-order chi connectivity index (χ0) is 12.4. The molecule has 0 radical (unpaired) electrons. The van der Waals surface area contributed by atoms with Gasteiger partial charge in [-0.15, -0.1) is 0 Å². The van der Waals surface area contributed by atoms with Crippen molar-refractivity contribution in [3.05, 3.63) is 17.7 Å². The van der Waals surface area contributed by atoms with E-state index < -0.39 is 0 Å². The maximum Gasteiger partial charge on any atom is 0.167 e. The zero-order valence-electron chi connectivity index (χ0n) is 10.4. The maximum atomic E-state index is 5.78. The molecule has 1 atom stereocenters. The van der Waals surface area contributed by atoms with E-state index in [0.717, 1.165) is 35.9 Å². The molecule has 1 fully saturated rings. The third-order valence-corrected chi connectivity index (χ3v) is 3.15. The second kappa shape index (κ2) is 5.04. The van der Waals surface area contributed by atoms with Crippen LogP contribution in [-0.4, -0.2) is 40.0 Å². The van der Waals surface area contributed by atoms with Crippen LogP contribution >= 0.6 is 0 Å². The van der Waals surface area contributed by atoms with Crippen molar-refractivity contribution in [2.24, 2.45) is 0 Å². The van der Waals surface area contributed by atoms with Crippen molar-refractivity contribution in [1.29, 1.82) is 0 Å². The monoisotopic (exact) mass is 251 g/mol. The minimum atomic E-state index is -0.00991. The number of hydrogen-bond acceptors (Lipinski definition) is 5. The van der Waals surface area contributed by atoms with Gasteiger partial charge in [0, 0.05) is 24.7 Å². The van der Waals surface area contributed by atoms with Crippen LogP contribution in [0.15, 0.2) is 12.1 Å². The Morgan fingerprint density at radius 2 is 2.11 bits per heavy atom. The lowest BCUT2D eigenvalue weighted by Crippen LogP contribution is -2.34. The van der Waals surface area contributed by atoms with Crippen LogP contribution < -0.4 is 19.5 Å². The van der Waals surface area contributed by atoms with E-state index in [-0.39, 0.29) is 6.10 Å². The van der Waals surface area contributed by atoms with E-state index in [1.807, 2.05) is 12.1 Å². The van der Waals surface area contributed by atoms with Gasteiger partial charge in [0.2, 0.25) is 0 Å². The van der Waals surface area contributed by atoms with Crippen molar-refractivity contribution in [3.63, 3.8) is 0 Å². The summed E-state index contributed by atoms with van der Waals surface area (Å²) in [6.07, 6.45) is -0.00991. The zero-order valence-corrected chi connectivity index (χ0v) is 10.4. The fraction of sp³-hybridized carbons (Fsp3) is 0.538. The third kappa shape index (κ3) is 2.11. The first-order chi connectivity index (χ1) is 8.88. The molecule has 0 aromatic heterocycles. The molecule has 0 bridgehead atoms. The second-order valence-electron chi connectivity index (χ2n) is 4.30. The van der Waals surface area contributed by atoms with Crippen molar-refractivity contribution in [1.82, 2.24) is 5.32 Å². The van der Waals surface area contributed by atoms with E-state index in [0.29, 0.717) is 19.8 Å². The SMILES string of the molecule is COc1cc2c(c(C3CNCCO3)c1)OCCO2. The average Bonchev–Trinajstić information content (AvgIpc) is 2.47. The summed E-state index contributed by atoms with van der Waals surface area (Å²) in [5.74, 6) is 2.30. The quantitative estimate of drug-likeness (QED) is 0.853. The summed E-state index contributed by atoms with van der Waals surface area (Å²) in [5.41, 5.74) is 0.997. The number of hydrogen-bond donors (Lipinski definition) is 1. The molecular formula is C13H17NO4. The normalized spacial score (nSPS) is 22.6. The average molecular weight is 251 g/mol. The van der Waals surface area contributed by atoms with Gasteiger partial charge in [-0.2, -0.15) is 0 Å². The fourth-order valence-electron chi connectivity index (χ4n) is 2.28. The number of nitrogens with one attached hydrogen (secondary N) is 1. The van der Waals surface area contributed by atoms with Crippen LogP contribution in [-0.2, 0) is 4.74 Å². The van der Waals surface area contributed by atoms with Crippen molar-refractivity contribution in [2.45, 2.75) is 6.10 Å². The molecule has 0 saturated carbocycles. The van der Waals surface area contributed by atoms with Gasteiger partial charge in [-0.1, -0.05) is 0 Å². The number of morpholine rings is 1. The summed E-state index contributed by atoms with van der Waals surface area (Å²) in [7, 11) is 1.65. The fourth-order valence-corrected chi connectivity index (χ4v) is 2.28. The molecule has 0 aliphatic carbocycles. The Hall–Kier alpha value is -1.46. The van der Waals surface area contributed by atoms with Crippen LogP contribution in [0.4, 0.5) is 0 Å². The number of rotatable bonds is 2. The molecule has 5 heteroatoms. The second-order valence-corrected chi connectivity index (χ2v) is 4.30. The molecule has 1 N–H and O–H groups in total. The molecule has 5 nitrogen and oxygen atoms in total. The Bertz CT molecular complexity index is 429. The predicted octanol–water partition coefficient (Wildman–Crippen LogP) is 1.13. The van der Waals surface area contributed by atoms with Gasteiger partial charge in [0.25, 0.3) is 0 Å². The first kappa shape index (κ1) is 11.6. The van der Waals surface area contributed by atoms with Crippen molar-refractivity contribution in [3.8, 4) is 17.2 Å². The summed E-state index contributed by atoms with van der Waals surface area (Å²) < 4.78 is 22.4. The van der Waals surface area contributed by atoms with Gasteiger partial charge < -0.3 is 24.3 Å². The van der Waals surface area contributed by atoms with Crippen LogP contribution in [0.2, 0.25) is 0 Å². The molecule has 2 heterocycles. The topological polar surface area (TPSA) is 49.0 Å². The van der Waals surface area contributed by atoms with Gasteiger partial charge >= 0.3 is 0 Å². The van der Waals surface area contributed by atoms with E-state index in [1.54, 1.807) is 7.11 Å². The van der Waals surface area contributed by atoms with E-state index in [2.05, 4.69) is 5.32 Å². The summed E-state index contributed by atoms with van der Waals surface area (Å²) in [4.78, 5) is 0. The van der Waals surface area contributed by atoms with Gasteiger partial charge in [-0.05, 0) is 6.07 Å². The highest BCUT2D eigenvalue weighted by Crippen LogP contribution is 2.41. The first-order valence-corrected chi connectivity index (χ1v) is 6.18. The van der Waals surface area contributed by atoms with Crippen LogP contribution in [0, 0.1) is 0 Å². The summed E-state index contributed by atoms with van der Waals surface area (Å²) in [6.45, 7) is 3.52. The van der Waals surface area contributed by atoms with Gasteiger partial charge in [-0.3, -0.25) is 0 Å². The van der Waals surface area contributed by atoms with Crippen molar-refractivity contribution in [2.75, 3.05) is 40.0 Å². The molecule has 98 valence electrons. The summed E-state index contributed by atoms with van der Waals surface area (Å²) in [6, 6.07) is 3.82. The Kier molecular flexibility index (Phi) is 3.25. The van der Waals surface area contributed by atoms with E-state index >= 15 is 0 Å². The van der Waals surface area contributed by atoms with E-state index in [9.17, 15) is 0 Å². The minimum absolute atomic E-state index is 0.00991. The van der Waals surface area contributed by atoms with Gasteiger partial charge in [0.15, 0.2) is 11.5 Å². The molecule has 1 aromatic rings. The lowest BCUT2D eigenvalue weighted by Gasteiger charge is -2.28. The Morgan fingerprint density at radius 3 is 2.89 bits per heavy atom. The molecule has 0 amide bonds. The third-order valence-electron chi connectivity index (χ3n) is 3.15. The molecule has 1 aromatic carbocycles. The lowest BCUT2D eigenvalue weighted by molar-refractivity contribution is 0.0243. The number of ether oxygens (including phenoxy) is 4. The Balaban J connectivity index is 1.99. The minimum Gasteiger partial charge on any atom is -0.497 e. The standard InChI is InChI=1S/C13H17NO4/c1-15-9-6-10(12-8-14-2-3-16-12)13-11(7-9)17-4-5-18-13/h6-7,12,14H,2-5,8H2,1H3.